The Morgan fingerprint density at radius 2 is 1.81 bits per heavy atom. The lowest BCUT2D eigenvalue weighted by molar-refractivity contribution is -0.159. The van der Waals surface area contributed by atoms with Crippen molar-refractivity contribution in [2.45, 2.75) is 57.4 Å². The minimum atomic E-state index is -0.404. The number of halogens is 1. The molecule has 1 unspecified atom stereocenters. The third-order valence-electron chi connectivity index (χ3n) is 8.24. The lowest BCUT2D eigenvalue weighted by atomic mass is 9.49. The molecule has 2 aromatic rings. The van der Waals surface area contributed by atoms with Gasteiger partial charge >= 0.3 is 0 Å². The number of benzene rings is 1. The zero-order valence-electron chi connectivity index (χ0n) is 17.6. The van der Waals surface area contributed by atoms with Gasteiger partial charge < -0.3 is 10.2 Å². The van der Waals surface area contributed by atoms with Gasteiger partial charge in [0.25, 0.3) is 0 Å². The maximum Gasteiger partial charge on any atom is 0.247 e. The summed E-state index contributed by atoms with van der Waals surface area (Å²) in [5.74, 6) is 2.28. The van der Waals surface area contributed by atoms with Crippen molar-refractivity contribution in [1.29, 1.82) is 0 Å². The van der Waals surface area contributed by atoms with E-state index >= 15 is 0 Å². The summed E-state index contributed by atoms with van der Waals surface area (Å²) in [7, 11) is 0. The molecular weight excluding hydrogens is 410 g/mol. The molecule has 2 amide bonds. The van der Waals surface area contributed by atoms with E-state index in [1.54, 1.807) is 12.3 Å². The van der Waals surface area contributed by atoms with Crippen molar-refractivity contribution < 1.29 is 9.59 Å². The average molecular weight is 438 g/mol. The van der Waals surface area contributed by atoms with Crippen LogP contribution in [0.1, 0.15) is 51.4 Å². The van der Waals surface area contributed by atoms with E-state index in [0.29, 0.717) is 35.0 Å². The van der Waals surface area contributed by atoms with Crippen LogP contribution in [0, 0.1) is 23.2 Å². The first-order valence-corrected chi connectivity index (χ1v) is 12.0. The lowest BCUT2D eigenvalue weighted by Gasteiger charge is -2.56. The summed E-state index contributed by atoms with van der Waals surface area (Å²) in [4.78, 5) is 33.5. The minimum absolute atomic E-state index is 0.121. The zero-order chi connectivity index (χ0) is 21.2. The van der Waals surface area contributed by atoms with Crippen molar-refractivity contribution in [3.8, 4) is 0 Å². The van der Waals surface area contributed by atoms with Crippen LogP contribution < -0.4 is 5.32 Å². The Labute approximate surface area is 187 Å². The number of anilines is 1. The fraction of sp³-hybridized carbons (Fsp3) is 0.560. The van der Waals surface area contributed by atoms with Crippen LogP contribution in [0.3, 0.4) is 0 Å². The molecule has 7 rings (SSSR count). The first kappa shape index (κ1) is 19.5. The predicted octanol–water partition coefficient (Wildman–Crippen LogP) is 5.03. The summed E-state index contributed by atoms with van der Waals surface area (Å²) in [5, 5.41) is 4.49. The Balaban J connectivity index is 1.25. The number of pyridine rings is 1. The second kappa shape index (κ2) is 7.19. The third-order valence-corrected chi connectivity index (χ3v) is 8.45. The van der Waals surface area contributed by atoms with Crippen molar-refractivity contribution in [2.75, 3.05) is 11.9 Å². The second-order valence-corrected chi connectivity index (χ2v) is 10.8. The summed E-state index contributed by atoms with van der Waals surface area (Å²) in [6, 6.07) is 6.97. The van der Waals surface area contributed by atoms with E-state index in [1.807, 2.05) is 23.1 Å². The molecular formula is C25H28ClN3O2. The molecule has 5 nitrogen and oxygen atoms in total. The SMILES string of the molecule is O=C(Nc1cc(Cl)cc2cccnc12)C1CCCN1C(=O)C12CC3CC(CC(C3)C1)C2. The van der Waals surface area contributed by atoms with Gasteiger partial charge in [0.1, 0.15) is 6.04 Å². The number of amides is 2. The molecule has 4 bridgehead atoms. The molecule has 5 aliphatic rings. The number of rotatable bonds is 3. The van der Waals surface area contributed by atoms with E-state index in [9.17, 15) is 9.59 Å². The van der Waals surface area contributed by atoms with Gasteiger partial charge in [0.05, 0.1) is 16.6 Å². The summed E-state index contributed by atoms with van der Waals surface area (Å²) < 4.78 is 0. The summed E-state index contributed by atoms with van der Waals surface area (Å²) in [6.45, 7) is 0.688. The van der Waals surface area contributed by atoms with E-state index < -0.39 is 6.04 Å². The number of carbonyl (C=O) groups is 2. The van der Waals surface area contributed by atoms with Gasteiger partial charge in [-0.2, -0.15) is 0 Å². The molecule has 1 aliphatic heterocycles. The standard InChI is InChI=1S/C25H28ClN3O2/c26-19-10-18-3-1-5-27-22(18)20(11-19)28-23(30)21-4-2-6-29(21)24(31)25-12-15-7-16(13-25)9-17(8-15)14-25/h1,3,5,10-11,15-17,21H,2,4,6-9,12-14H2,(H,28,30). The largest absolute Gasteiger partial charge is 0.330 e. The number of fused-ring (bicyclic) bond motifs is 1. The van der Waals surface area contributed by atoms with Gasteiger partial charge in [-0.15, -0.1) is 0 Å². The minimum Gasteiger partial charge on any atom is -0.330 e. The Bertz CT molecular complexity index is 1030. The van der Waals surface area contributed by atoms with Gasteiger partial charge in [0, 0.05) is 23.2 Å². The van der Waals surface area contributed by atoms with Crippen LogP contribution in [0.5, 0.6) is 0 Å². The number of nitrogens with zero attached hydrogens (tertiary/aromatic N) is 2. The quantitative estimate of drug-likeness (QED) is 0.732. The van der Waals surface area contributed by atoms with Crippen LogP contribution in [0.2, 0.25) is 5.02 Å². The highest BCUT2D eigenvalue weighted by molar-refractivity contribution is 6.32. The molecule has 31 heavy (non-hydrogen) atoms. The third kappa shape index (κ3) is 3.24. The topological polar surface area (TPSA) is 62.3 Å². The van der Waals surface area contributed by atoms with E-state index in [2.05, 4.69) is 10.3 Å². The van der Waals surface area contributed by atoms with Crippen molar-refractivity contribution in [2.24, 2.45) is 23.2 Å². The normalized spacial score (nSPS) is 33.8. The van der Waals surface area contributed by atoms with Crippen LogP contribution in [-0.2, 0) is 9.59 Å². The van der Waals surface area contributed by atoms with Crippen molar-refractivity contribution in [3.05, 3.63) is 35.5 Å². The first-order valence-electron chi connectivity index (χ1n) is 11.7. The number of aromatic nitrogens is 1. The number of likely N-dealkylation sites (tertiary alicyclic amines) is 1. The Hall–Kier alpha value is -2.14. The fourth-order valence-corrected chi connectivity index (χ4v) is 7.65. The van der Waals surface area contributed by atoms with Crippen LogP contribution in [0.15, 0.2) is 30.5 Å². The molecule has 0 spiro atoms. The van der Waals surface area contributed by atoms with E-state index in [0.717, 1.165) is 43.0 Å². The molecule has 4 aliphatic carbocycles. The van der Waals surface area contributed by atoms with Gasteiger partial charge in [-0.25, -0.2) is 0 Å². The highest BCUT2D eigenvalue weighted by Crippen LogP contribution is 2.60. The predicted molar refractivity (Wildman–Crippen MR) is 121 cm³/mol. The highest BCUT2D eigenvalue weighted by Gasteiger charge is 2.56. The van der Waals surface area contributed by atoms with E-state index in [1.165, 1.54) is 19.3 Å². The van der Waals surface area contributed by atoms with Gasteiger partial charge in [0.2, 0.25) is 11.8 Å². The van der Waals surface area contributed by atoms with Crippen molar-refractivity contribution >= 4 is 40.0 Å². The Morgan fingerprint density at radius 1 is 1.10 bits per heavy atom. The Kier molecular flexibility index (Phi) is 4.53. The molecule has 1 saturated heterocycles. The molecule has 1 N–H and O–H groups in total. The van der Waals surface area contributed by atoms with E-state index in [4.69, 9.17) is 11.6 Å². The highest BCUT2D eigenvalue weighted by atomic mass is 35.5. The monoisotopic (exact) mass is 437 g/mol. The first-order chi connectivity index (χ1) is 15.0. The van der Waals surface area contributed by atoms with Crippen LogP contribution in [-0.4, -0.2) is 34.3 Å². The Morgan fingerprint density at radius 3 is 2.52 bits per heavy atom. The van der Waals surface area contributed by atoms with E-state index in [-0.39, 0.29) is 17.2 Å². The van der Waals surface area contributed by atoms with Gasteiger partial charge in [-0.3, -0.25) is 14.6 Å². The van der Waals surface area contributed by atoms with Gasteiger partial charge in [0.15, 0.2) is 0 Å². The number of hydrogen-bond acceptors (Lipinski definition) is 3. The van der Waals surface area contributed by atoms with Crippen molar-refractivity contribution in [3.63, 3.8) is 0 Å². The smallest absolute Gasteiger partial charge is 0.247 e. The van der Waals surface area contributed by atoms with Crippen LogP contribution in [0.4, 0.5) is 5.69 Å². The number of hydrogen-bond donors (Lipinski definition) is 1. The molecule has 4 saturated carbocycles. The van der Waals surface area contributed by atoms with Crippen molar-refractivity contribution in [1.82, 2.24) is 9.88 Å². The molecule has 1 aromatic carbocycles. The van der Waals surface area contributed by atoms with Gasteiger partial charge in [-0.1, -0.05) is 17.7 Å². The fourth-order valence-electron chi connectivity index (χ4n) is 7.43. The van der Waals surface area contributed by atoms with Crippen LogP contribution >= 0.6 is 11.6 Å². The molecule has 1 aromatic heterocycles. The maximum absolute atomic E-state index is 13.8. The second-order valence-electron chi connectivity index (χ2n) is 10.4. The maximum atomic E-state index is 13.8. The lowest BCUT2D eigenvalue weighted by Crippen LogP contribution is -2.56. The molecule has 5 fully saturated rings. The van der Waals surface area contributed by atoms with Crippen LogP contribution in [0.25, 0.3) is 10.9 Å². The molecule has 0 radical (unpaired) electrons. The molecule has 2 heterocycles. The zero-order valence-corrected chi connectivity index (χ0v) is 18.4. The number of nitrogens with one attached hydrogen (secondary N) is 1. The summed E-state index contributed by atoms with van der Waals surface area (Å²) >= 11 is 6.28. The summed E-state index contributed by atoms with van der Waals surface area (Å²) in [5.41, 5.74) is 1.13. The molecule has 162 valence electrons. The molecule has 6 heteroatoms. The number of carbonyl (C=O) groups excluding carboxylic acids is 2. The van der Waals surface area contributed by atoms with Gasteiger partial charge in [-0.05, 0) is 87.3 Å². The average Bonchev–Trinajstić information content (AvgIpc) is 3.22. The summed E-state index contributed by atoms with van der Waals surface area (Å²) in [6.07, 6.45) is 10.3. The molecule has 1 atom stereocenters.